The van der Waals surface area contributed by atoms with Crippen molar-refractivity contribution >= 4 is 22.1 Å². The van der Waals surface area contributed by atoms with Crippen LogP contribution in [0.4, 0.5) is 0 Å². The highest BCUT2D eigenvalue weighted by molar-refractivity contribution is 7.85. The highest BCUT2D eigenvalue weighted by atomic mass is 32.2. The molecule has 0 aromatic heterocycles. The molecule has 0 bridgehead atoms. The molecule has 12 nitrogen and oxygen atoms in total. The number of unbranched alkanes of at least 4 members (excludes halogenated alkanes) is 4. The van der Waals surface area contributed by atoms with Crippen LogP contribution >= 0.6 is 0 Å². The Bertz CT molecular complexity index is 713. The number of hydrogen-bond acceptors (Lipinski definition) is 11. The first-order valence-corrected chi connectivity index (χ1v) is 13.2. The van der Waals surface area contributed by atoms with Crippen LogP contribution < -0.4 is 0 Å². The van der Waals surface area contributed by atoms with Gasteiger partial charge in [-0.05, 0) is 12.8 Å². The van der Waals surface area contributed by atoms with Crippen molar-refractivity contribution < 1.29 is 56.8 Å². The third-order valence-corrected chi connectivity index (χ3v) is 5.94. The van der Waals surface area contributed by atoms with Gasteiger partial charge in [0, 0.05) is 12.8 Å². The smallest absolute Gasteiger partial charge is 0.306 e. The Kier molecular flexibility index (Phi) is 14.1. The van der Waals surface area contributed by atoms with Gasteiger partial charge < -0.3 is 34.3 Å². The van der Waals surface area contributed by atoms with Gasteiger partial charge in [-0.1, -0.05) is 39.5 Å². The van der Waals surface area contributed by atoms with E-state index in [1.807, 2.05) is 13.8 Å². The number of rotatable bonds is 16. The summed E-state index contributed by atoms with van der Waals surface area (Å²) in [6.45, 7) is 3.23. The fourth-order valence-electron chi connectivity index (χ4n) is 3.24. The molecule has 200 valence electrons. The number of esters is 2. The monoisotopic (exact) mass is 514 g/mol. The predicted molar refractivity (Wildman–Crippen MR) is 118 cm³/mol. The van der Waals surface area contributed by atoms with Crippen LogP contribution in [0.5, 0.6) is 0 Å². The second-order valence-electron chi connectivity index (χ2n) is 8.31. The van der Waals surface area contributed by atoms with Gasteiger partial charge in [0.25, 0.3) is 10.1 Å². The first-order chi connectivity index (χ1) is 16.0. The molecule has 0 amide bonds. The van der Waals surface area contributed by atoms with Gasteiger partial charge in [0.05, 0.1) is 6.61 Å². The van der Waals surface area contributed by atoms with Crippen LogP contribution in [-0.4, -0.2) is 96.0 Å². The van der Waals surface area contributed by atoms with E-state index in [1.54, 1.807) is 0 Å². The number of carbonyl (C=O) groups is 2. The van der Waals surface area contributed by atoms with E-state index in [-0.39, 0.29) is 19.4 Å². The Morgan fingerprint density at radius 3 is 2.15 bits per heavy atom. The first-order valence-electron chi connectivity index (χ1n) is 11.6. The molecule has 0 spiro atoms. The minimum atomic E-state index is -4.57. The second-order valence-corrected chi connectivity index (χ2v) is 9.80. The van der Waals surface area contributed by atoms with Gasteiger partial charge in [0.2, 0.25) is 0 Å². The van der Waals surface area contributed by atoms with E-state index in [1.165, 1.54) is 0 Å². The van der Waals surface area contributed by atoms with E-state index in [4.69, 9.17) is 23.5 Å². The normalized spacial score (nSPS) is 26.1. The van der Waals surface area contributed by atoms with Crippen molar-refractivity contribution in [3.05, 3.63) is 0 Å². The highest BCUT2D eigenvalue weighted by Crippen LogP contribution is 2.23. The number of hydrogen-bond donors (Lipinski definition) is 4. The molecule has 1 fully saturated rings. The lowest BCUT2D eigenvalue weighted by molar-refractivity contribution is -0.297. The van der Waals surface area contributed by atoms with E-state index in [2.05, 4.69) is 0 Å². The summed E-state index contributed by atoms with van der Waals surface area (Å²) in [6, 6.07) is 0. The molecule has 0 unspecified atom stereocenters. The van der Waals surface area contributed by atoms with Crippen LogP contribution in [0.3, 0.4) is 0 Å². The maximum Gasteiger partial charge on any atom is 0.306 e. The van der Waals surface area contributed by atoms with Crippen LogP contribution in [0.15, 0.2) is 0 Å². The molecule has 0 aromatic rings. The summed E-state index contributed by atoms with van der Waals surface area (Å²) in [6.07, 6.45) is -4.37. The molecule has 1 rings (SSSR count). The number of ether oxygens (including phenoxy) is 4. The molecule has 0 aromatic carbocycles. The molecule has 0 saturated carbocycles. The standard InChI is InChI=1S/C21H38O12S/c1-3-5-7-8-10-17(23)32-14(11-30-16(22)9-6-4-2)12-31-21-20(26)19(25)18(24)15(33-21)13-34(27,28)29/h14-15,18-21,24-26H,3-13H2,1-2H3,(H,27,28,29)/t14-,15-,18-,19+,20-,21-/m1/s1. The van der Waals surface area contributed by atoms with E-state index in [0.717, 1.165) is 25.7 Å². The highest BCUT2D eigenvalue weighted by Gasteiger charge is 2.45. The van der Waals surface area contributed by atoms with Gasteiger partial charge in [-0.2, -0.15) is 8.42 Å². The number of carbonyl (C=O) groups excluding carboxylic acids is 2. The van der Waals surface area contributed by atoms with Crippen molar-refractivity contribution in [2.75, 3.05) is 19.0 Å². The Morgan fingerprint density at radius 2 is 1.53 bits per heavy atom. The third-order valence-electron chi connectivity index (χ3n) is 5.19. The summed E-state index contributed by atoms with van der Waals surface area (Å²) in [5.41, 5.74) is 0. The molecule has 34 heavy (non-hydrogen) atoms. The lowest BCUT2D eigenvalue weighted by Crippen LogP contribution is -2.60. The van der Waals surface area contributed by atoms with Crippen molar-refractivity contribution in [3.8, 4) is 0 Å². The molecule has 4 N–H and O–H groups in total. The maximum absolute atomic E-state index is 12.2. The molecular weight excluding hydrogens is 476 g/mol. The SMILES string of the molecule is CCCCCCC(=O)O[C@H](COC(=O)CCCC)CO[C@@H]1O[C@H](CS(=O)(=O)O)[C@@H](O)[C@H](O)[C@H]1O. The Balaban J connectivity index is 2.75. The zero-order chi connectivity index (χ0) is 25.7. The lowest BCUT2D eigenvalue weighted by atomic mass is 10.00. The van der Waals surface area contributed by atoms with Crippen LogP contribution in [0.1, 0.15) is 65.2 Å². The van der Waals surface area contributed by atoms with Crippen LogP contribution in [0, 0.1) is 0 Å². The van der Waals surface area contributed by atoms with Crippen molar-refractivity contribution in [1.29, 1.82) is 0 Å². The van der Waals surface area contributed by atoms with Gasteiger partial charge in [0.15, 0.2) is 12.4 Å². The molecule has 1 aliphatic heterocycles. The molecular formula is C21H38O12S. The molecule has 0 radical (unpaired) electrons. The van der Waals surface area contributed by atoms with E-state index >= 15 is 0 Å². The van der Waals surface area contributed by atoms with Gasteiger partial charge in [-0.15, -0.1) is 0 Å². The summed E-state index contributed by atoms with van der Waals surface area (Å²) in [5, 5.41) is 30.1. The van der Waals surface area contributed by atoms with Crippen molar-refractivity contribution in [2.24, 2.45) is 0 Å². The topological polar surface area (TPSA) is 186 Å². The van der Waals surface area contributed by atoms with Gasteiger partial charge >= 0.3 is 11.9 Å². The predicted octanol–water partition coefficient (Wildman–Crippen LogP) is 0.314. The van der Waals surface area contributed by atoms with Gasteiger partial charge in [-0.25, -0.2) is 0 Å². The molecule has 1 aliphatic rings. The lowest BCUT2D eigenvalue weighted by Gasteiger charge is -2.40. The number of aliphatic hydroxyl groups excluding tert-OH is 3. The van der Waals surface area contributed by atoms with Gasteiger partial charge in [-0.3, -0.25) is 14.1 Å². The Morgan fingerprint density at radius 1 is 0.882 bits per heavy atom. The molecule has 6 atom stereocenters. The summed E-state index contributed by atoms with van der Waals surface area (Å²) >= 11 is 0. The molecule has 0 aliphatic carbocycles. The second kappa shape index (κ2) is 15.6. The molecule has 13 heteroatoms. The molecule has 1 heterocycles. The van der Waals surface area contributed by atoms with E-state index in [0.29, 0.717) is 12.8 Å². The first kappa shape index (κ1) is 30.7. The zero-order valence-corrected chi connectivity index (χ0v) is 20.5. The van der Waals surface area contributed by atoms with E-state index < -0.39 is 71.2 Å². The largest absolute Gasteiger partial charge is 0.462 e. The van der Waals surface area contributed by atoms with Crippen LogP contribution in [0.2, 0.25) is 0 Å². The van der Waals surface area contributed by atoms with Gasteiger partial charge in [0.1, 0.15) is 36.8 Å². The molecule has 1 saturated heterocycles. The van der Waals surface area contributed by atoms with Crippen LogP contribution in [-0.2, 0) is 38.7 Å². The quantitative estimate of drug-likeness (QED) is 0.126. The maximum atomic E-state index is 12.2. The minimum absolute atomic E-state index is 0.157. The van der Waals surface area contributed by atoms with Crippen molar-refractivity contribution in [2.45, 2.75) is 102 Å². The fourth-order valence-corrected chi connectivity index (χ4v) is 3.93. The summed E-state index contributed by atoms with van der Waals surface area (Å²) in [7, 11) is -4.57. The third kappa shape index (κ3) is 11.9. The fraction of sp³-hybridized carbons (Fsp3) is 0.905. The average molecular weight is 515 g/mol. The Hall–Kier alpha value is -1.35. The minimum Gasteiger partial charge on any atom is -0.462 e. The number of aliphatic hydroxyl groups is 3. The summed E-state index contributed by atoms with van der Waals surface area (Å²) < 4.78 is 52.4. The van der Waals surface area contributed by atoms with Crippen molar-refractivity contribution in [3.63, 3.8) is 0 Å². The van der Waals surface area contributed by atoms with Crippen molar-refractivity contribution in [1.82, 2.24) is 0 Å². The van der Waals surface area contributed by atoms with E-state index in [9.17, 15) is 33.3 Å². The zero-order valence-electron chi connectivity index (χ0n) is 19.7. The Labute approximate surface area is 200 Å². The average Bonchev–Trinajstić information content (AvgIpc) is 2.77. The van der Waals surface area contributed by atoms with Crippen LogP contribution in [0.25, 0.3) is 0 Å². The summed E-state index contributed by atoms with van der Waals surface area (Å²) in [4.78, 5) is 24.0. The summed E-state index contributed by atoms with van der Waals surface area (Å²) in [5.74, 6) is -2.05.